The van der Waals surface area contributed by atoms with Crippen molar-refractivity contribution in [3.8, 4) is 0 Å². The molecule has 1 N–H and O–H groups in total. The minimum absolute atomic E-state index is 0.897. The Morgan fingerprint density at radius 1 is 1.88 bits per heavy atom. The van der Waals surface area contributed by atoms with Crippen LogP contribution in [0.1, 0.15) is 0 Å². The zero-order valence-electron chi connectivity index (χ0n) is 4.40. The van der Waals surface area contributed by atoms with Crippen LogP contribution in [0.4, 0.5) is 4.79 Å². The van der Waals surface area contributed by atoms with E-state index in [0.29, 0.717) is 0 Å². The van der Waals surface area contributed by atoms with Crippen LogP contribution in [0.2, 0.25) is 6.82 Å². The summed E-state index contributed by atoms with van der Waals surface area (Å²) in [6.45, 7) is 1.37. The van der Waals surface area contributed by atoms with Crippen LogP contribution in [0.25, 0.3) is 0 Å². The number of rotatable bonds is 1. The molecule has 8 heavy (non-hydrogen) atoms. The molecule has 0 aromatic carbocycles. The van der Waals surface area contributed by atoms with Crippen molar-refractivity contribution in [2.45, 2.75) is 6.82 Å². The third-order valence-electron chi connectivity index (χ3n) is 0.323. The molecule has 0 bridgehead atoms. The second kappa shape index (κ2) is 3.37. The van der Waals surface area contributed by atoms with E-state index in [4.69, 9.17) is 5.02 Å². The van der Waals surface area contributed by atoms with Gasteiger partial charge in [-0.05, 0) is 6.82 Å². The zero-order chi connectivity index (χ0) is 6.57. The Labute approximate surface area is 48.5 Å². The fourth-order valence-electron chi connectivity index (χ4n) is 0.140. The molecule has 0 rings (SSSR count). The van der Waals surface area contributed by atoms with Crippen LogP contribution >= 0.6 is 0 Å². The monoisotopic (exact) mass is 110 g/mol. The van der Waals surface area contributed by atoms with Crippen molar-refractivity contribution < 1.29 is 9.82 Å². The molecule has 4 nitrogen and oxygen atoms in total. The molecule has 0 aromatic rings. The lowest BCUT2D eigenvalue weighted by molar-refractivity contribution is 0.265. The average molecular weight is 110 g/mol. The van der Waals surface area contributed by atoms with Crippen molar-refractivity contribution in [3.05, 3.63) is 0 Å². The maximum absolute atomic E-state index is 9.75. The number of hydrogen-bond donors (Lipinski definition) is 1. The predicted octanol–water partition coefficient (Wildman–Crippen LogP) is -0.163. The van der Waals surface area contributed by atoms with Crippen molar-refractivity contribution in [1.29, 1.82) is 0 Å². The largest absolute Gasteiger partial charge is 0.451 e. The summed E-state index contributed by atoms with van der Waals surface area (Å²) < 4.78 is 0. The van der Waals surface area contributed by atoms with Gasteiger partial charge in [-0.2, -0.15) is 0 Å². The van der Waals surface area contributed by atoms with Crippen molar-refractivity contribution in [2.24, 2.45) is 10.1 Å². The molecule has 0 heterocycles. The smallest absolute Gasteiger partial charge is 0.430 e. The quantitative estimate of drug-likeness (QED) is 0.376. The second-order valence-electron chi connectivity index (χ2n) is 1.19. The Bertz CT molecular complexity index is 113. The standard InChI is InChI=1S/C2H4B2N2O2/c1-4(8)6-5-2(3)7/h8H,1H3/b6-5+. The molecule has 40 valence electrons. The van der Waals surface area contributed by atoms with E-state index < -0.39 is 12.9 Å². The van der Waals surface area contributed by atoms with Crippen LogP contribution in [0.15, 0.2) is 10.1 Å². The normalized spacial score (nSPS) is 9.75. The number of amides is 1. The van der Waals surface area contributed by atoms with Gasteiger partial charge in [-0.1, -0.05) is 0 Å². The summed E-state index contributed by atoms with van der Waals surface area (Å²) >= 11 is 0. The maximum atomic E-state index is 9.75. The second-order valence-corrected chi connectivity index (χ2v) is 1.19. The van der Waals surface area contributed by atoms with Gasteiger partial charge in [0.1, 0.15) is 0 Å². The molecule has 1 amide bonds. The minimum atomic E-state index is -0.956. The highest BCUT2D eigenvalue weighted by molar-refractivity contribution is 6.57. The minimum Gasteiger partial charge on any atom is -0.430 e. The number of nitrogens with zero attached hydrogens (tertiary/aromatic N) is 2. The lowest BCUT2D eigenvalue weighted by atomic mass is 9.92. The van der Waals surface area contributed by atoms with Gasteiger partial charge >= 0.3 is 7.05 Å². The van der Waals surface area contributed by atoms with Crippen LogP contribution in [-0.2, 0) is 0 Å². The van der Waals surface area contributed by atoms with Gasteiger partial charge in [0.25, 0.3) is 0 Å². The van der Waals surface area contributed by atoms with Crippen LogP contribution in [0.3, 0.4) is 0 Å². The summed E-state index contributed by atoms with van der Waals surface area (Å²) in [5, 5.41) is 14.2. The third kappa shape index (κ3) is 5.36. The van der Waals surface area contributed by atoms with E-state index >= 15 is 0 Å². The van der Waals surface area contributed by atoms with E-state index in [9.17, 15) is 4.79 Å². The zero-order valence-corrected chi connectivity index (χ0v) is 4.40. The van der Waals surface area contributed by atoms with Crippen LogP contribution in [0.5, 0.6) is 0 Å². The van der Waals surface area contributed by atoms with Crippen LogP contribution in [0, 0.1) is 0 Å². The highest BCUT2D eigenvalue weighted by Crippen LogP contribution is 1.79. The van der Waals surface area contributed by atoms with Crippen LogP contribution in [-0.4, -0.2) is 25.7 Å². The molecule has 0 saturated carbocycles. The van der Waals surface area contributed by atoms with E-state index in [2.05, 4.69) is 18.0 Å². The SMILES string of the molecule is [B]C(=O)/N=N/B(C)O. The summed E-state index contributed by atoms with van der Waals surface area (Å²) in [6, 6.07) is 0. The van der Waals surface area contributed by atoms with Crippen molar-refractivity contribution >= 4 is 20.7 Å². The fraction of sp³-hybridized carbons (Fsp3) is 0.500. The van der Waals surface area contributed by atoms with Gasteiger partial charge in [0.05, 0.1) is 0 Å². The van der Waals surface area contributed by atoms with Gasteiger partial charge in [0, 0.05) is 0 Å². The number of hydrogen-bond acceptors (Lipinski definition) is 3. The Morgan fingerprint density at radius 2 is 2.38 bits per heavy atom. The Kier molecular flexibility index (Phi) is 3.10. The van der Waals surface area contributed by atoms with Crippen molar-refractivity contribution in [2.75, 3.05) is 0 Å². The molecule has 0 spiro atoms. The predicted molar refractivity (Wildman–Crippen MR) is 29.8 cm³/mol. The lowest BCUT2D eigenvalue weighted by Crippen LogP contribution is -2.00. The molecule has 0 unspecified atom stereocenters. The molecule has 2 radical (unpaired) electrons. The molecule has 0 aliphatic rings. The Morgan fingerprint density at radius 3 is 2.50 bits per heavy atom. The first kappa shape index (κ1) is 7.36. The highest BCUT2D eigenvalue weighted by Gasteiger charge is 1.96. The summed E-state index contributed by atoms with van der Waals surface area (Å²) in [7, 11) is 3.57. The summed E-state index contributed by atoms with van der Waals surface area (Å²) in [5.41, 5.74) is 0. The van der Waals surface area contributed by atoms with Gasteiger partial charge < -0.3 is 5.02 Å². The molecule has 0 aromatic heterocycles. The fourth-order valence-corrected chi connectivity index (χ4v) is 0.140. The van der Waals surface area contributed by atoms with E-state index in [0.717, 1.165) is 0 Å². The van der Waals surface area contributed by atoms with Crippen LogP contribution < -0.4 is 0 Å². The Balaban J connectivity index is 3.50. The highest BCUT2D eigenvalue weighted by atomic mass is 16.2. The van der Waals surface area contributed by atoms with Crippen molar-refractivity contribution in [1.82, 2.24) is 0 Å². The molecule has 0 atom stereocenters. The van der Waals surface area contributed by atoms with Gasteiger partial charge in [-0.25, -0.2) is 5.03 Å². The topological polar surface area (TPSA) is 62.0 Å². The first-order chi connectivity index (χ1) is 3.63. The summed E-state index contributed by atoms with van der Waals surface area (Å²) in [5.74, 6) is -0.897. The third-order valence-corrected chi connectivity index (χ3v) is 0.323. The molecular weight excluding hydrogens is 106 g/mol. The molecule has 0 aliphatic heterocycles. The van der Waals surface area contributed by atoms with Crippen molar-refractivity contribution in [3.63, 3.8) is 0 Å². The van der Waals surface area contributed by atoms with Gasteiger partial charge in [0.2, 0.25) is 7.85 Å². The molecule has 6 heteroatoms. The van der Waals surface area contributed by atoms with E-state index in [1.807, 2.05) is 0 Å². The molecule has 0 saturated heterocycles. The first-order valence-corrected chi connectivity index (χ1v) is 2.01. The number of carbonyl (C=O) groups excluding carboxylic acids is 1. The first-order valence-electron chi connectivity index (χ1n) is 2.01. The van der Waals surface area contributed by atoms with Gasteiger partial charge in [0.15, 0.2) is 5.81 Å². The molecule has 0 fully saturated rings. The molecular formula is C2H4B2N2O2. The number of carbonyl (C=O) groups is 1. The summed E-state index contributed by atoms with van der Waals surface area (Å²) in [4.78, 5) is 9.75. The summed E-state index contributed by atoms with van der Waals surface area (Å²) in [6.07, 6.45) is 0. The average Bonchev–Trinajstić information content (AvgIpc) is 1.61. The van der Waals surface area contributed by atoms with Gasteiger partial charge in [-0.15, -0.1) is 5.11 Å². The maximum Gasteiger partial charge on any atom is 0.451 e. The van der Waals surface area contributed by atoms with E-state index in [-0.39, 0.29) is 0 Å². The van der Waals surface area contributed by atoms with E-state index in [1.165, 1.54) is 6.82 Å². The van der Waals surface area contributed by atoms with Gasteiger partial charge in [-0.3, -0.25) is 4.79 Å². The Hall–Kier alpha value is -0.640. The van der Waals surface area contributed by atoms with E-state index in [1.54, 1.807) is 0 Å². The molecule has 0 aliphatic carbocycles. The lowest BCUT2D eigenvalue weighted by Gasteiger charge is -1.82.